The van der Waals surface area contributed by atoms with Crippen LogP contribution in [0.25, 0.3) is 0 Å². The van der Waals surface area contributed by atoms with Gasteiger partial charge in [-0.25, -0.2) is 0 Å². The zero-order chi connectivity index (χ0) is 12.6. The molecule has 0 aliphatic carbocycles. The molecule has 0 radical (unpaired) electrons. The van der Waals surface area contributed by atoms with E-state index in [0.29, 0.717) is 24.0 Å². The molecule has 4 heteroatoms. The van der Waals surface area contributed by atoms with Crippen LogP contribution in [0.3, 0.4) is 0 Å². The van der Waals surface area contributed by atoms with Gasteiger partial charge in [0.25, 0.3) is 0 Å². The number of aromatic hydroxyl groups is 1. The molecule has 4 nitrogen and oxygen atoms in total. The molecule has 1 aromatic rings. The van der Waals surface area contributed by atoms with Crippen molar-refractivity contribution in [3.8, 4) is 11.5 Å². The fraction of sp³-hybridized carbons (Fsp3) is 0.231. The van der Waals surface area contributed by atoms with Gasteiger partial charge >= 0.3 is 0 Å². The summed E-state index contributed by atoms with van der Waals surface area (Å²) in [5.74, 6) is 0.241. The van der Waals surface area contributed by atoms with Crippen LogP contribution in [0.5, 0.6) is 11.5 Å². The molecule has 1 aliphatic heterocycles. The van der Waals surface area contributed by atoms with Crippen molar-refractivity contribution in [2.75, 3.05) is 0 Å². The molecule has 0 bridgehead atoms. The Bertz CT molecular complexity index is 516. The normalized spacial score (nSPS) is 17.1. The van der Waals surface area contributed by atoms with Gasteiger partial charge in [-0.15, -0.1) is 0 Å². The minimum atomic E-state index is -0.399. The number of hydrogen-bond donors (Lipinski definition) is 1. The number of carbonyl (C=O) groups excluding carboxylic acids is 2. The first-order chi connectivity index (χ1) is 8.02. The molecule has 0 unspecified atom stereocenters. The zero-order valence-corrected chi connectivity index (χ0v) is 9.40. The Hall–Kier alpha value is -2.10. The largest absolute Gasteiger partial charge is 0.507 e. The molecular weight excluding hydrogens is 220 g/mol. The molecule has 0 spiro atoms. The third-order valence-corrected chi connectivity index (χ3v) is 2.80. The molecule has 1 atom stereocenters. The quantitative estimate of drug-likeness (QED) is 0.489. The zero-order valence-electron chi connectivity index (χ0n) is 9.40. The highest BCUT2D eigenvalue weighted by atomic mass is 16.5. The Morgan fingerprint density at radius 1 is 1.59 bits per heavy atom. The van der Waals surface area contributed by atoms with Crippen LogP contribution >= 0.6 is 0 Å². The van der Waals surface area contributed by atoms with Crippen molar-refractivity contribution in [1.29, 1.82) is 0 Å². The Kier molecular flexibility index (Phi) is 2.71. The van der Waals surface area contributed by atoms with Crippen molar-refractivity contribution in [3.05, 3.63) is 35.4 Å². The number of hydrogen-bond acceptors (Lipinski definition) is 4. The molecule has 88 valence electrons. The summed E-state index contributed by atoms with van der Waals surface area (Å²) in [6, 6.07) is 3.01. The molecule has 0 saturated heterocycles. The third-order valence-electron chi connectivity index (χ3n) is 2.80. The van der Waals surface area contributed by atoms with Gasteiger partial charge in [0.15, 0.2) is 5.78 Å². The molecule has 1 N–H and O–H groups in total. The molecular formula is C13H12O4. The van der Waals surface area contributed by atoms with E-state index in [1.165, 1.54) is 19.1 Å². The number of aldehydes is 1. The number of phenolic OH excluding ortho intramolecular Hbond substituents is 1. The molecule has 1 aliphatic rings. The van der Waals surface area contributed by atoms with Crippen LogP contribution < -0.4 is 4.74 Å². The number of rotatable bonds is 3. The second kappa shape index (κ2) is 4.05. The molecule has 17 heavy (non-hydrogen) atoms. The van der Waals surface area contributed by atoms with Gasteiger partial charge in [0.2, 0.25) is 0 Å². The number of ether oxygens (including phenoxy) is 1. The van der Waals surface area contributed by atoms with Crippen LogP contribution in [-0.2, 0) is 11.2 Å². The fourth-order valence-electron chi connectivity index (χ4n) is 1.84. The first-order valence-electron chi connectivity index (χ1n) is 5.20. The van der Waals surface area contributed by atoms with Crippen LogP contribution in [-0.4, -0.2) is 23.3 Å². The van der Waals surface area contributed by atoms with Crippen molar-refractivity contribution in [2.45, 2.75) is 19.4 Å². The number of phenols is 1. The van der Waals surface area contributed by atoms with E-state index in [1.807, 2.05) is 0 Å². The molecule has 0 fully saturated rings. The minimum Gasteiger partial charge on any atom is -0.507 e. The van der Waals surface area contributed by atoms with Crippen molar-refractivity contribution in [2.24, 2.45) is 0 Å². The highest BCUT2D eigenvalue weighted by Gasteiger charge is 2.27. The van der Waals surface area contributed by atoms with Gasteiger partial charge in [-0.05, 0) is 19.1 Å². The summed E-state index contributed by atoms with van der Waals surface area (Å²) >= 11 is 0. The van der Waals surface area contributed by atoms with Crippen LogP contribution in [0.15, 0.2) is 24.3 Å². The third kappa shape index (κ3) is 1.93. The van der Waals surface area contributed by atoms with Crippen LogP contribution in [0.1, 0.15) is 22.8 Å². The Labute approximate surface area is 98.5 Å². The smallest absolute Gasteiger partial charge is 0.163 e. The van der Waals surface area contributed by atoms with Crippen molar-refractivity contribution in [3.63, 3.8) is 0 Å². The van der Waals surface area contributed by atoms with Crippen molar-refractivity contribution < 1.29 is 19.4 Å². The second-order valence-electron chi connectivity index (χ2n) is 4.04. The Morgan fingerprint density at radius 2 is 2.29 bits per heavy atom. The van der Waals surface area contributed by atoms with Gasteiger partial charge < -0.3 is 9.84 Å². The fourth-order valence-corrected chi connectivity index (χ4v) is 1.84. The maximum Gasteiger partial charge on any atom is 0.163 e. The molecule has 0 amide bonds. The van der Waals surface area contributed by atoms with E-state index >= 15 is 0 Å². The van der Waals surface area contributed by atoms with E-state index in [2.05, 4.69) is 6.58 Å². The predicted octanol–water partition coefficient (Wildman–Crippen LogP) is 1.65. The van der Waals surface area contributed by atoms with Crippen LogP contribution in [0.4, 0.5) is 0 Å². The van der Waals surface area contributed by atoms with Crippen LogP contribution in [0, 0.1) is 0 Å². The summed E-state index contributed by atoms with van der Waals surface area (Å²) in [4.78, 5) is 21.9. The molecule has 1 heterocycles. The number of carbonyl (C=O) groups is 2. The summed E-state index contributed by atoms with van der Waals surface area (Å²) in [5, 5.41) is 9.66. The highest BCUT2D eigenvalue weighted by Crippen LogP contribution is 2.35. The number of ketones is 1. The predicted molar refractivity (Wildman–Crippen MR) is 61.4 cm³/mol. The topological polar surface area (TPSA) is 63.6 Å². The van der Waals surface area contributed by atoms with Gasteiger partial charge in [0.05, 0.1) is 5.56 Å². The standard InChI is InChI=1S/C13H12O4/c1-7(6-14)12-4-9-3-11(16)10(8(2)15)5-13(9)17-12/h3,5-6,12,16H,1,4H2,2H3/t12-/m0/s1. The lowest BCUT2D eigenvalue weighted by Gasteiger charge is -2.08. The maximum absolute atomic E-state index is 11.2. The average Bonchev–Trinajstić information content (AvgIpc) is 2.69. The van der Waals surface area contributed by atoms with Crippen LogP contribution in [0.2, 0.25) is 0 Å². The lowest BCUT2D eigenvalue weighted by Crippen LogP contribution is -2.16. The van der Waals surface area contributed by atoms with E-state index in [9.17, 15) is 14.7 Å². The Balaban J connectivity index is 2.36. The van der Waals surface area contributed by atoms with E-state index < -0.39 is 6.10 Å². The summed E-state index contributed by atoms with van der Waals surface area (Å²) in [7, 11) is 0. The van der Waals surface area contributed by atoms with Gasteiger partial charge in [0, 0.05) is 17.6 Å². The highest BCUT2D eigenvalue weighted by molar-refractivity contribution is 5.97. The van der Waals surface area contributed by atoms with E-state index in [0.717, 1.165) is 5.56 Å². The average molecular weight is 232 g/mol. The number of Topliss-reactive ketones (excluding diaryl/α,β-unsaturated/α-hetero) is 1. The Morgan fingerprint density at radius 3 is 2.88 bits per heavy atom. The summed E-state index contributed by atoms with van der Waals surface area (Å²) in [6.45, 7) is 4.97. The molecule has 1 aromatic carbocycles. The lowest BCUT2D eigenvalue weighted by molar-refractivity contribution is -0.105. The first kappa shape index (κ1) is 11.4. The second-order valence-corrected chi connectivity index (χ2v) is 4.04. The molecule has 0 aromatic heterocycles. The summed E-state index contributed by atoms with van der Waals surface area (Å²) < 4.78 is 5.51. The maximum atomic E-state index is 11.2. The number of benzene rings is 1. The molecule has 2 rings (SSSR count). The summed E-state index contributed by atoms with van der Waals surface area (Å²) in [6.07, 6.45) is 0.741. The van der Waals surface area contributed by atoms with Gasteiger partial charge in [-0.3, -0.25) is 9.59 Å². The van der Waals surface area contributed by atoms with Crippen molar-refractivity contribution >= 4 is 12.1 Å². The lowest BCUT2D eigenvalue weighted by atomic mass is 10.0. The van der Waals surface area contributed by atoms with E-state index in [4.69, 9.17) is 4.74 Å². The minimum absolute atomic E-state index is 0.0581. The first-order valence-corrected chi connectivity index (χ1v) is 5.20. The SMILES string of the molecule is C=C(C=O)[C@@H]1Cc2cc(O)c(C(C)=O)cc2O1. The van der Waals surface area contributed by atoms with E-state index in [-0.39, 0.29) is 17.1 Å². The van der Waals surface area contributed by atoms with E-state index in [1.54, 1.807) is 0 Å². The van der Waals surface area contributed by atoms with Gasteiger partial charge in [-0.1, -0.05) is 6.58 Å². The summed E-state index contributed by atoms with van der Waals surface area (Å²) in [5.41, 5.74) is 1.35. The van der Waals surface area contributed by atoms with Gasteiger partial charge in [-0.2, -0.15) is 0 Å². The van der Waals surface area contributed by atoms with Crippen molar-refractivity contribution in [1.82, 2.24) is 0 Å². The number of fused-ring (bicyclic) bond motifs is 1. The monoisotopic (exact) mass is 232 g/mol. The van der Waals surface area contributed by atoms with Gasteiger partial charge in [0.1, 0.15) is 23.9 Å². The molecule has 0 saturated carbocycles.